The minimum Gasteiger partial charge on any atom is -0.425 e. The van der Waals surface area contributed by atoms with Gasteiger partial charge in [-0.3, -0.25) is 0 Å². The maximum Gasteiger partial charge on any atom is 0.216 e. The van der Waals surface area contributed by atoms with Gasteiger partial charge in [-0.05, 0) is 31.8 Å². The fourth-order valence-corrected chi connectivity index (χ4v) is 1.85. The first-order valence-corrected chi connectivity index (χ1v) is 5.40. The van der Waals surface area contributed by atoms with Crippen LogP contribution in [0, 0.1) is 5.92 Å². The lowest BCUT2D eigenvalue weighted by Gasteiger charge is -2.20. The monoisotopic (exact) mass is 195 g/mol. The summed E-state index contributed by atoms with van der Waals surface area (Å²) < 4.78 is 5.49. The van der Waals surface area contributed by atoms with E-state index in [4.69, 9.17) is 4.42 Å². The normalized spacial score (nSPS) is 18.6. The number of hydrogen-bond donors (Lipinski definition) is 1. The van der Waals surface area contributed by atoms with E-state index in [0.717, 1.165) is 43.6 Å². The summed E-state index contributed by atoms with van der Waals surface area (Å²) in [5.41, 5.74) is 0. The number of rotatable bonds is 3. The second-order valence-corrected chi connectivity index (χ2v) is 3.84. The summed E-state index contributed by atoms with van der Waals surface area (Å²) in [5.74, 6) is 2.30. The van der Waals surface area contributed by atoms with E-state index < -0.39 is 0 Å². The Hall–Kier alpha value is -0.900. The Balaban J connectivity index is 1.89. The molecule has 1 aliphatic heterocycles. The third-order valence-corrected chi connectivity index (χ3v) is 2.73. The molecule has 0 aliphatic carbocycles. The molecule has 14 heavy (non-hydrogen) atoms. The van der Waals surface area contributed by atoms with E-state index in [0.29, 0.717) is 0 Å². The summed E-state index contributed by atoms with van der Waals surface area (Å²) in [5, 5.41) is 11.4. The highest BCUT2D eigenvalue weighted by Crippen LogP contribution is 2.17. The number of nitrogens with zero attached hydrogens (tertiary/aromatic N) is 2. The molecule has 1 fully saturated rings. The molecule has 1 aliphatic rings. The molecule has 0 unspecified atom stereocenters. The molecule has 0 radical (unpaired) electrons. The molecule has 0 aromatic carbocycles. The molecule has 4 nitrogen and oxygen atoms in total. The standard InChI is InChI=1S/C10H17N3O/c1-2-9-12-13-10(14-9)7-8-3-5-11-6-4-8/h8,11H,2-7H2,1H3. The zero-order chi connectivity index (χ0) is 9.80. The van der Waals surface area contributed by atoms with Crippen molar-refractivity contribution in [3.63, 3.8) is 0 Å². The lowest BCUT2D eigenvalue weighted by molar-refractivity contribution is 0.336. The molecule has 78 valence electrons. The van der Waals surface area contributed by atoms with Gasteiger partial charge in [-0.2, -0.15) is 0 Å². The van der Waals surface area contributed by atoms with Crippen LogP contribution in [0.15, 0.2) is 4.42 Å². The van der Waals surface area contributed by atoms with Crippen molar-refractivity contribution in [2.24, 2.45) is 5.92 Å². The van der Waals surface area contributed by atoms with E-state index in [1.165, 1.54) is 12.8 Å². The van der Waals surface area contributed by atoms with E-state index in [-0.39, 0.29) is 0 Å². The molecule has 4 heteroatoms. The second kappa shape index (κ2) is 4.55. The van der Waals surface area contributed by atoms with Crippen molar-refractivity contribution in [2.45, 2.75) is 32.6 Å². The summed E-state index contributed by atoms with van der Waals surface area (Å²) in [4.78, 5) is 0. The molecule has 1 aromatic rings. The van der Waals surface area contributed by atoms with Gasteiger partial charge in [-0.25, -0.2) is 0 Å². The predicted octanol–water partition coefficient (Wildman–Crippen LogP) is 1.17. The molecule has 0 saturated carbocycles. The van der Waals surface area contributed by atoms with Crippen LogP contribution in [-0.2, 0) is 12.8 Å². The summed E-state index contributed by atoms with van der Waals surface area (Å²) >= 11 is 0. The molecular weight excluding hydrogens is 178 g/mol. The smallest absolute Gasteiger partial charge is 0.216 e. The van der Waals surface area contributed by atoms with Crippen LogP contribution in [0.3, 0.4) is 0 Å². The number of aryl methyl sites for hydroxylation is 1. The number of aromatic nitrogens is 2. The van der Waals surface area contributed by atoms with Crippen LogP contribution < -0.4 is 5.32 Å². The molecule has 2 heterocycles. The van der Waals surface area contributed by atoms with Gasteiger partial charge in [-0.15, -0.1) is 10.2 Å². The van der Waals surface area contributed by atoms with Crippen molar-refractivity contribution in [3.8, 4) is 0 Å². The number of nitrogens with one attached hydrogen (secondary N) is 1. The van der Waals surface area contributed by atoms with Crippen LogP contribution in [0.5, 0.6) is 0 Å². The lowest BCUT2D eigenvalue weighted by Crippen LogP contribution is -2.28. The van der Waals surface area contributed by atoms with E-state index in [1.807, 2.05) is 6.92 Å². The third kappa shape index (κ3) is 2.32. The third-order valence-electron chi connectivity index (χ3n) is 2.73. The predicted molar refractivity (Wildman–Crippen MR) is 53.0 cm³/mol. The number of piperidine rings is 1. The Morgan fingerprint density at radius 1 is 1.29 bits per heavy atom. The van der Waals surface area contributed by atoms with Gasteiger partial charge in [-0.1, -0.05) is 6.92 Å². The van der Waals surface area contributed by atoms with Crippen LogP contribution in [-0.4, -0.2) is 23.3 Å². The SMILES string of the molecule is CCc1nnc(CC2CCNCC2)o1. The number of hydrogen-bond acceptors (Lipinski definition) is 4. The molecule has 0 spiro atoms. The van der Waals surface area contributed by atoms with E-state index in [2.05, 4.69) is 15.5 Å². The highest BCUT2D eigenvalue weighted by atomic mass is 16.4. The van der Waals surface area contributed by atoms with Crippen molar-refractivity contribution in [1.82, 2.24) is 15.5 Å². The average molecular weight is 195 g/mol. The van der Waals surface area contributed by atoms with Gasteiger partial charge in [0.2, 0.25) is 11.8 Å². The second-order valence-electron chi connectivity index (χ2n) is 3.84. The molecular formula is C10H17N3O. The van der Waals surface area contributed by atoms with E-state index in [9.17, 15) is 0 Å². The summed E-state index contributed by atoms with van der Waals surface area (Å²) in [6, 6.07) is 0. The van der Waals surface area contributed by atoms with Gasteiger partial charge in [0, 0.05) is 12.8 Å². The fourth-order valence-electron chi connectivity index (χ4n) is 1.85. The topological polar surface area (TPSA) is 51.0 Å². The van der Waals surface area contributed by atoms with Gasteiger partial charge in [0.1, 0.15) is 0 Å². The molecule has 1 aromatic heterocycles. The molecule has 0 atom stereocenters. The zero-order valence-corrected chi connectivity index (χ0v) is 8.62. The van der Waals surface area contributed by atoms with Gasteiger partial charge < -0.3 is 9.73 Å². The Bertz CT molecular complexity index is 279. The van der Waals surface area contributed by atoms with Crippen molar-refractivity contribution >= 4 is 0 Å². The van der Waals surface area contributed by atoms with Crippen LogP contribution >= 0.6 is 0 Å². The van der Waals surface area contributed by atoms with Crippen molar-refractivity contribution in [2.75, 3.05) is 13.1 Å². The van der Waals surface area contributed by atoms with Gasteiger partial charge in [0.15, 0.2) is 0 Å². The molecule has 0 amide bonds. The Morgan fingerprint density at radius 3 is 2.64 bits per heavy atom. The van der Waals surface area contributed by atoms with Gasteiger partial charge >= 0.3 is 0 Å². The highest BCUT2D eigenvalue weighted by molar-refractivity contribution is 4.85. The fraction of sp³-hybridized carbons (Fsp3) is 0.800. The molecule has 2 rings (SSSR count). The lowest BCUT2D eigenvalue weighted by atomic mass is 9.95. The summed E-state index contributed by atoms with van der Waals surface area (Å²) in [7, 11) is 0. The van der Waals surface area contributed by atoms with Crippen molar-refractivity contribution < 1.29 is 4.42 Å². The first-order chi connectivity index (χ1) is 6.88. The molecule has 1 N–H and O–H groups in total. The van der Waals surface area contributed by atoms with Crippen LogP contribution in [0.2, 0.25) is 0 Å². The van der Waals surface area contributed by atoms with Crippen LogP contribution in [0.25, 0.3) is 0 Å². The van der Waals surface area contributed by atoms with E-state index in [1.54, 1.807) is 0 Å². The Labute approximate surface area is 84.1 Å². The minimum atomic E-state index is 0.724. The highest BCUT2D eigenvalue weighted by Gasteiger charge is 2.16. The van der Waals surface area contributed by atoms with Gasteiger partial charge in [0.25, 0.3) is 0 Å². The molecule has 0 bridgehead atoms. The average Bonchev–Trinajstić information content (AvgIpc) is 2.67. The Kier molecular flexibility index (Phi) is 3.14. The van der Waals surface area contributed by atoms with Crippen LogP contribution in [0.4, 0.5) is 0 Å². The quantitative estimate of drug-likeness (QED) is 0.786. The van der Waals surface area contributed by atoms with Crippen LogP contribution in [0.1, 0.15) is 31.5 Å². The minimum absolute atomic E-state index is 0.724. The maximum atomic E-state index is 5.49. The van der Waals surface area contributed by atoms with Gasteiger partial charge in [0.05, 0.1) is 0 Å². The first kappa shape index (κ1) is 9.65. The maximum absolute atomic E-state index is 5.49. The summed E-state index contributed by atoms with van der Waals surface area (Å²) in [6.45, 7) is 4.28. The van der Waals surface area contributed by atoms with E-state index >= 15 is 0 Å². The summed E-state index contributed by atoms with van der Waals surface area (Å²) in [6.07, 6.45) is 4.24. The van der Waals surface area contributed by atoms with Crippen molar-refractivity contribution in [1.29, 1.82) is 0 Å². The van der Waals surface area contributed by atoms with Crippen molar-refractivity contribution in [3.05, 3.63) is 11.8 Å². The molecule has 1 saturated heterocycles. The zero-order valence-electron chi connectivity index (χ0n) is 8.62. The largest absolute Gasteiger partial charge is 0.425 e. The Morgan fingerprint density at radius 2 is 2.00 bits per heavy atom. The first-order valence-electron chi connectivity index (χ1n) is 5.40.